The van der Waals surface area contributed by atoms with Gasteiger partial charge in [0.15, 0.2) is 0 Å². The predicted molar refractivity (Wildman–Crippen MR) is 98.6 cm³/mol. The van der Waals surface area contributed by atoms with Gasteiger partial charge in [-0.2, -0.15) is 10.4 Å². The Labute approximate surface area is 152 Å². The van der Waals surface area contributed by atoms with E-state index in [0.29, 0.717) is 12.1 Å². The van der Waals surface area contributed by atoms with Crippen molar-refractivity contribution < 1.29 is 5.11 Å². The van der Waals surface area contributed by atoms with Crippen molar-refractivity contribution in [3.05, 3.63) is 77.4 Å². The van der Waals surface area contributed by atoms with E-state index in [1.54, 1.807) is 24.5 Å². The first kappa shape index (κ1) is 17.8. The van der Waals surface area contributed by atoms with Crippen molar-refractivity contribution in [1.29, 1.82) is 5.26 Å². The summed E-state index contributed by atoms with van der Waals surface area (Å²) in [6.07, 6.45) is 4.60. The molecule has 0 saturated carbocycles. The maximum absolute atomic E-state index is 10.3. The summed E-state index contributed by atoms with van der Waals surface area (Å²) in [5.74, 6) is 0. The maximum Gasteiger partial charge on any atom is 0.0991 e. The lowest BCUT2D eigenvalue weighted by Crippen LogP contribution is -2.25. The van der Waals surface area contributed by atoms with Crippen LogP contribution in [0.1, 0.15) is 41.5 Å². The molecule has 0 radical (unpaired) electrons. The average molecular weight is 347 g/mol. The van der Waals surface area contributed by atoms with E-state index in [-0.39, 0.29) is 6.04 Å². The zero-order valence-electron chi connectivity index (χ0n) is 14.8. The number of rotatable bonds is 6. The van der Waals surface area contributed by atoms with Gasteiger partial charge in [0.05, 0.1) is 29.6 Å². The van der Waals surface area contributed by atoms with Crippen molar-refractivity contribution >= 4 is 0 Å². The third-order valence-corrected chi connectivity index (χ3v) is 4.46. The van der Waals surface area contributed by atoms with Gasteiger partial charge in [-0.1, -0.05) is 0 Å². The van der Waals surface area contributed by atoms with Gasteiger partial charge in [0, 0.05) is 36.2 Å². The predicted octanol–water partition coefficient (Wildman–Crippen LogP) is 2.83. The first-order chi connectivity index (χ1) is 12.6. The molecule has 0 aliphatic rings. The standard InChI is InChI=1S/C20H21N5O/c1-14(23-13-20(26)17-7-9-22-10-8-17)19-12-24-25(15(19)2)18-5-3-16(11-21)4-6-18/h3-10,12,14,20,23,26H,13H2,1-2H3/t14-,20+/m1/s1. The molecule has 0 saturated heterocycles. The Kier molecular flexibility index (Phi) is 5.42. The lowest BCUT2D eigenvalue weighted by atomic mass is 10.1. The summed E-state index contributed by atoms with van der Waals surface area (Å²) in [5, 5.41) is 27.0. The highest BCUT2D eigenvalue weighted by Crippen LogP contribution is 2.21. The molecule has 0 fully saturated rings. The van der Waals surface area contributed by atoms with Crippen LogP contribution in [-0.4, -0.2) is 26.4 Å². The van der Waals surface area contributed by atoms with Gasteiger partial charge >= 0.3 is 0 Å². The fraction of sp³-hybridized carbons (Fsp3) is 0.250. The van der Waals surface area contributed by atoms with Crippen LogP contribution >= 0.6 is 0 Å². The number of aliphatic hydroxyl groups is 1. The minimum atomic E-state index is -0.589. The summed E-state index contributed by atoms with van der Waals surface area (Å²) in [7, 11) is 0. The fourth-order valence-electron chi connectivity index (χ4n) is 2.89. The molecule has 0 spiro atoms. The summed E-state index contributed by atoms with van der Waals surface area (Å²) in [5.41, 5.74) is 4.46. The van der Waals surface area contributed by atoms with Gasteiger partial charge in [-0.05, 0) is 55.8 Å². The molecule has 6 heteroatoms. The van der Waals surface area contributed by atoms with Crippen LogP contribution in [0.3, 0.4) is 0 Å². The van der Waals surface area contributed by atoms with Crippen LogP contribution < -0.4 is 5.32 Å². The van der Waals surface area contributed by atoms with Gasteiger partial charge in [-0.25, -0.2) is 4.68 Å². The second kappa shape index (κ2) is 7.91. The van der Waals surface area contributed by atoms with E-state index >= 15 is 0 Å². The van der Waals surface area contributed by atoms with Gasteiger partial charge in [0.25, 0.3) is 0 Å². The number of benzene rings is 1. The summed E-state index contributed by atoms with van der Waals surface area (Å²) in [6.45, 7) is 4.50. The molecule has 3 aromatic rings. The number of pyridine rings is 1. The number of nitrogens with one attached hydrogen (secondary N) is 1. The highest BCUT2D eigenvalue weighted by molar-refractivity contribution is 5.41. The van der Waals surface area contributed by atoms with Crippen LogP contribution in [0.25, 0.3) is 5.69 Å². The average Bonchev–Trinajstić information content (AvgIpc) is 3.08. The number of nitriles is 1. The molecule has 2 heterocycles. The molecule has 6 nitrogen and oxygen atoms in total. The Morgan fingerprint density at radius 3 is 2.54 bits per heavy atom. The second-order valence-electron chi connectivity index (χ2n) is 6.18. The fourth-order valence-corrected chi connectivity index (χ4v) is 2.89. The van der Waals surface area contributed by atoms with E-state index in [1.165, 1.54) is 0 Å². The van der Waals surface area contributed by atoms with E-state index in [2.05, 4.69) is 21.5 Å². The minimum Gasteiger partial charge on any atom is -0.387 e. The van der Waals surface area contributed by atoms with E-state index in [4.69, 9.17) is 5.26 Å². The van der Waals surface area contributed by atoms with Crippen molar-refractivity contribution in [3.8, 4) is 11.8 Å². The summed E-state index contributed by atoms with van der Waals surface area (Å²) in [4.78, 5) is 3.96. The largest absolute Gasteiger partial charge is 0.387 e. The lowest BCUT2D eigenvalue weighted by molar-refractivity contribution is 0.170. The highest BCUT2D eigenvalue weighted by Gasteiger charge is 2.16. The van der Waals surface area contributed by atoms with E-state index < -0.39 is 6.10 Å². The molecular formula is C20H21N5O. The maximum atomic E-state index is 10.3. The molecule has 26 heavy (non-hydrogen) atoms. The van der Waals surface area contributed by atoms with Gasteiger partial charge in [0.2, 0.25) is 0 Å². The molecule has 2 aromatic heterocycles. The normalized spacial score (nSPS) is 13.2. The third kappa shape index (κ3) is 3.80. The Morgan fingerprint density at radius 1 is 1.19 bits per heavy atom. The van der Waals surface area contributed by atoms with Crippen LogP contribution in [0.4, 0.5) is 0 Å². The number of hydrogen-bond donors (Lipinski definition) is 2. The smallest absolute Gasteiger partial charge is 0.0991 e. The van der Waals surface area contributed by atoms with E-state index in [1.807, 2.05) is 49.0 Å². The molecule has 2 atom stereocenters. The molecule has 0 amide bonds. The summed E-state index contributed by atoms with van der Waals surface area (Å²) < 4.78 is 1.86. The summed E-state index contributed by atoms with van der Waals surface area (Å²) >= 11 is 0. The van der Waals surface area contributed by atoms with Crippen LogP contribution in [-0.2, 0) is 0 Å². The molecule has 3 rings (SSSR count). The van der Waals surface area contributed by atoms with E-state index in [0.717, 1.165) is 22.5 Å². The van der Waals surface area contributed by atoms with Gasteiger partial charge in [-0.15, -0.1) is 0 Å². The second-order valence-corrected chi connectivity index (χ2v) is 6.18. The zero-order valence-corrected chi connectivity index (χ0v) is 14.8. The number of aromatic nitrogens is 3. The Hall–Kier alpha value is -3.01. The number of aliphatic hydroxyl groups excluding tert-OH is 1. The van der Waals surface area contributed by atoms with Gasteiger partial charge < -0.3 is 10.4 Å². The number of nitrogens with zero attached hydrogens (tertiary/aromatic N) is 4. The van der Waals surface area contributed by atoms with Crippen molar-refractivity contribution in [2.75, 3.05) is 6.54 Å². The first-order valence-electron chi connectivity index (χ1n) is 8.46. The van der Waals surface area contributed by atoms with Crippen LogP contribution in [0.5, 0.6) is 0 Å². The lowest BCUT2D eigenvalue weighted by Gasteiger charge is -2.17. The molecule has 0 unspecified atom stereocenters. The molecule has 0 bridgehead atoms. The third-order valence-electron chi connectivity index (χ3n) is 4.46. The van der Waals surface area contributed by atoms with Gasteiger partial charge in [-0.3, -0.25) is 4.98 Å². The summed E-state index contributed by atoms with van der Waals surface area (Å²) in [6, 6.07) is 13.1. The van der Waals surface area contributed by atoms with Crippen molar-refractivity contribution in [2.24, 2.45) is 0 Å². The first-order valence-corrected chi connectivity index (χ1v) is 8.46. The number of hydrogen-bond acceptors (Lipinski definition) is 5. The monoisotopic (exact) mass is 347 g/mol. The van der Waals surface area contributed by atoms with Crippen molar-refractivity contribution in [2.45, 2.75) is 26.0 Å². The van der Waals surface area contributed by atoms with Gasteiger partial charge in [0.1, 0.15) is 0 Å². The van der Waals surface area contributed by atoms with E-state index in [9.17, 15) is 5.11 Å². The topological polar surface area (TPSA) is 86.8 Å². The van der Waals surface area contributed by atoms with Crippen LogP contribution in [0.15, 0.2) is 55.0 Å². The molecule has 0 aliphatic carbocycles. The SMILES string of the molecule is Cc1c([C@@H](C)NC[C@H](O)c2ccncc2)cnn1-c1ccc(C#N)cc1. The molecule has 0 aliphatic heterocycles. The minimum absolute atomic E-state index is 0.0404. The van der Waals surface area contributed by atoms with Crippen molar-refractivity contribution in [3.63, 3.8) is 0 Å². The molecule has 1 aromatic carbocycles. The molecular weight excluding hydrogens is 326 g/mol. The Balaban J connectivity index is 1.69. The Morgan fingerprint density at radius 2 is 1.88 bits per heavy atom. The zero-order chi connectivity index (χ0) is 18.5. The molecule has 2 N–H and O–H groups in total. The highest BCUT2D eigenvalue weighted by atomic mass is 16.3. The van der Waals surface area contributed by atoms with Crippen LogP contribution in [0, 0.1) is 18.3 Å². The quantitative estimate of drug-likeness (QED) is 0.716. The molecule has 132 valence electrons. The van der Waals surface area contributed by atoms with Crippen molar-refractivity contribution in [1.82, 2.24) is 20.1 Å². The van der Waals surface area contributed by atoms with Crippen LogP contribution in [0.2, 0.25) is 0 Å². The Bertz CT molecular complexity index is 896.